The van der Waals surface area contributed by atoms with Crippen LogP contribution in [0, 0.1) is 0 Å². The van der Waals surface area contributed by atoms with Crippen LogP contribution in [0.4, 0.5) is 0 Å². The molecule has 1 amide bonds. The number of carbonyl (C=O) groups is 1. The largest absolute Gasteiger partial charge is 0.351 e. The van der Waals surface area contributed by atoms with Crippen LogP contribution in [0.1, 0.15) is 23.0 Å². The molecule has 6 heteroatoms. The van der Waals surface area contributed by atoms with Crippen LogP contribution in [0.25, 0.3) is 10.2 Å². The smallest absolute Gasteiger partial charge is 0.318 e. The Morgan fingerprint density at radius 3 is 3.05 bits per heavy atom. The molecule has 0 fully saturated rings. The van der Waals surface area contributed by atoms with Gasteiger partial charge < -0.3 is 9.09 Å². The highest BCUT2D eigenvalue weighted by Crippen LogP contribution is 2.20. The molecule has 2 heterocycles. The lowest BCUT2D eigenvalue weighted by atomic mass is 10.2. The van der Waals surface area contributed by atoms with Gasteiger partial charge in [-0.2, -0.15) is 4.99 Å². The summed E-state index contributed by atoms with van der Waals surface area (Å²) < 4.78 is 7.93. The number of allylic oxidation sites excluding steroid dienone is 1. The van der Waals surface area contributed by atoms with E-state index < -0.39 is 5.91 Å². The number of aryl methyl sites for hydroxylation is 1. The Balaban J connectivity index is 2.17. The van der Waals surface area contributed by atoms with Gasteiger partial charge in [-0.05, 0) is 24.1 Å². The number of nitrogens with zero attached hydrogens (tertiary/aromatic N) is 3. The van der Waals surface area contributed by atoms with Crippen molar-refractivity contribution in [2.75, 3.05) is 0 Å². The lowest BCUT2D eigenvalue weighted by molar-refractivity contribution is 0.0962. The normalized spacial score (nSPS) is 12.0. The Morgan fingerprint density at radius 1 is 1.50 bits per heavy atom. The second-order valence-electron chi connectivity index (χ2n) is 4.73. The van der Waals surface area contributed by atoms with Crippen LogP contribution >= 0.6 is 11.3 Å². The van der Waals surface area contributed by atoms with Crippen LogP contribution in [0.5, 0.6) is 0 Å². The molecule has 0 unspecified atom stereocenters. The Labute approximate surface area is 131 Å². The first-order valence-corrected chi connectivity index (χ1v) is 7.77. The third-order valence-electron chi connectivity index (χ3n) is 3.31. The molecule has 22 heavy (non-hydrogen) atoms. The van der Waals surface area contributed by atoms with Crippen LogP contribution in [-0.4, -0.2) is 15.6 Å². The average molecular weight is 313 g/mol. The van der Waals surface area contributed by atoms with Gasteiger partial charge in [-0.15, -0.1) is 6.58 Å². The molecule has 2 aromatic heterocycles. The molecule has 112 valence electrons. The van der Waals surface area contributed by atoms with Crippen molar-refractivity contribution < 1.29 is 9.32 Å². The molecule has 0 aliphatic carbocycles. The highest BCUT2D eigenvalue weighted by atomic mass is 32.1. The first-order valence-electron chi connectivity index (χ1n) is 6.96. The number of aromatic nitrogens is 2. The molecule has 0 aliphatic heterocycles. The van der Waals surface area contributed by atoms with Gasteiger partial charge in [0, 0.05) is 12.6 Å². The zero-order valence-corrected chi connectivity index (χ0v) is 13.0. The van der Waals surface area contributed by atoms with Crippen molar-refractivity contribution >= 4 is 27.5 Å². The monoisotopic (exact) mass is 313 g/mol. The lowest BCUT2D eigenvalue weighted by Gasteiger charge is -2.01. The van der Waals surface area contributed by atoms with E-state index >= 15 is 0 Å². The van der Waals surface area contributed by atoms with Crippen LogP contribution in [0.2, 0.25) is 0 Å². The first-order chi connectivity index (χ1) is 10.7. The Kier molecular flexibility index (Phi) is 4.02. The van der Waals surface area contributed by atoms with Gasteiger partial charge in [0.15, 0.2) is 4.80 Å². The molecule has 3 aromatic rings. The number of thiazole rings is 1. The number of benzene rings is 1. The maximum Gasteiger partial charge on any atom is 0.318 e. The van der Waals surface area contributed by atoms with Crippen LogP contribution in [0.3, 0.4) is 0 Å². The minimum Gasteiger partial charge on any atom is -0.351 e. The third kappa shape index (κ3) is 2.65. The van der Waals surface area contributed by atoms with Crippen molar-refractivity contribution in [3.8, 4) is 0 Å². The average Bonchev–Trinajstić information content (AvgIpc) is 3.16. The quantitative estimate of drug-likeness (QED) is 0.695. The van der Waals surface area contributed by atoms with Gasteiger partial charge in [-0.25, -0.2) is 0 Å². The van der Waals surface area contributed by atoms with Gasteiger partial charge in [0.25, 0.3) is 0 Å². The minimum atomic E-state index is -0.433. The molecule has 0 bridgehead atoms. The van der Waals surface area contributed by atoms with Crippen LogP contribution in [-0.2, 0) is 13.0 Å². The van der Waals surface area contributed by atoms with Gasteiger partial charge in [0.05, 0.1) is 16.4 Å². The minimum absolute atomic E-state index is 0.136. The van der Waals surface area contributed by atoms with Gasteiger partial charge in [0.2, 0.25) is 5.76 Å². The number of carbonyl (C=O) groups excluding carboxylic acids is 1. The fourth-order valence-electron chi connectivity index (χ4n) is 2.20. The lowest BCUT2D eigenvalue weighted by Crippen LogP contribution is -2.16. The van der Waals surface area contributed by atoms with Crippen molar-refractivity contribution in [1.29, 1.82) is 0 Å². The molecule has 0 radical (unpaired) electrons. The Morgan fingerprint density at radius 2 is 2.36 bits per heavy atom. The van der Waals surface area contributed by atoms with Crippen LogP contribution in [0.15, 0.2) is 52.6 Å². The van der Waals surface area contributed by atoms with E-state index in [2.05, 4.69) is 41.9 Å². The predicted molar refractivity (Wildman–Crippen MR) is 85.8 cm³/mol. The van der Waals surface area contributed by atoms with E-state index in [9.17, 15) is 4.79 Å². The fraction of sp³-hybridized carbons (Fsp3) is 0.188. The SMILES string of the molecule is C=CCn1c(=NC(=O)c2ccno2)sc2cc(CC)ccc21. The second-order valence-corrected chi connectivity index (χ2v) is 5.74. The molecule has 5 nitrogen and oxygen atoms in total. The van der Waals surface area contributed by atoms with E-state index in [0.717, 1.165) is 16.6 Å². The molecule has 0 atom stereocenters. The van der Waals surface area contributed by atoms with E-state index in [0.29, 0.717) is 11.3 Å². The van der Waals surface area contributed by atoms with Crippen molar-refractivity contribution in [2.24, 2.45) is 4.99 Å². The van der Waals surface area contributed by atoms with Crippen molar-refractivity contribution in [3.63, 3.8) is 0 Å². The summed E-state index contributed by atoms with van der Waals surface area (Å²) in [5.41, 5.74) is 2.30. The Bertz CT molecular complexity index is 888. The number of hydrogen-bond acceptors (Lipinski definition) is 4. The second kappa shape index (κ2) is 6.11. The maximum absolute atomic E-state index is 12.1. The van der Waals surface area contributed by atoms with Crippen molar-refractivity contribution in [2.45, 2.75) is 19.9 Å². The molecule has 0 saturated carbocycles. The summed E-state index contributed by atoms with van der Waals surface area (Å²) in [6, 6.07) is 7.80. The van der Waals surface area contributed by atoms with E-state index in [1.807, 2.05) is 4.57 Å². The summed E-state index contributed by atoms with van der Waals surface area (Å²) in [4.78, 5) is 16.9. The van der Waals surface area contributed by atoms with E-state index in [4.69, 9.17) is 4.52 Å². The van der Waals surface area contributed by atoms with E-state index in [1.165, 1.54) is 29.2 Å². The third-order valence-corrected chi connectivity index (χ3v) is 4.35. The van der Waals surface area contributed by atoms with Crippen molar-refractivity contribution in [3.05, 3.63) is 59.2 Å². The molecule has 0 aliphatic rings. The van der Waals surface area contributed by atoms with Crippen LogP contribution < -0.4 is 4.80 Å². The molecular formula is C16H15N3O2S. The zero-order chi connectivity index (χ0) is 15.5. The van der Waals surface area contributed by atoms with Gasteiger partial charge in [-0.3, -0.25) is 4.79 Å². The van der Waals surface area contributed by atoms with Gasteiger partial charge in [-0.1, -0.05) is 35.6 Å². The van der Waals surface area contributed by atoms with Gasteiger partial charge >= 0.3 is 5.91 Å². The molecule has 0 N–H and O–H groups in total. The standard InChI is InChI=1S/C16H15N3O2S/c1-3-9-19-12-6-5-11(4-2)10-14(12)22-16(19)18-15(20)13-7-8-17-21-13/h3,5-8,10H,1,4,9H2,2H3. The molecule has 0 spiro atoms. The van der Waals surface area contributed by atoms with E-state index in [-0.39, 0.29) is 5.76 Å². The Hall–Kier alpha value is -2.47. The predicted octanol–water partition coefficient (Wildman–Crippen LogP) is 3.18. The summed E-state index contributed by atoms with van der Waals surface area (Å²) in [7, 11) is 0. The van der Waals surface area contributed by atoms with Crippen molar-refractivity contribution in [1.82, 2.24) is 9.72 Å². The molecule has 0 saturated heterocycles. The number of fused-ring (bicyclic) bond motifs is 1. The molecule has 1 aromatic carbocycles. The summed E-state index contributed by atoms with van der Waals surface area (Å²) in [6.45, 7) is 6.48. The highest BCUT2D eigenvalue weighted by molar-refractivity contribution is 7.16. The number of amides is 1. The maximum atomic E-state index is 12.1. The summed E-state index contributed by atoms with van der Waals surface area (Å²) in [5, 5.41) is 3.53. The summed E-state index contributed by atoms with van der Waals surface area (Å²) in [6.07, 6.45) is 4.19. The fourth-order valence-corrected chi connectivity index (χ4v) is 3.30. The number of rotatable bonds is 4. The molecule has 3 rings (SSSR count). The number of hydrogen-bond donors (Lipinski definition) is 0. The first kappa shape index (κ1) is 14.5. The summed E-state index contributed by atoms with van der Waals surface area (Å²) >= 11 is 1.48. The highest BCUT2D eigenvalue weighted by Gasteiger charge is 2.11. The topological polar surface area (TPSA) is 60.4 Å². The van der Waals surface area contributed by atoms with Gasteiger partial charge in [0.1, 0.15) is 0 Å². The molecular weight excluding hydrogens is 298 g/mol. The van der Waals surface area contributed by atoms with E-state index in [1.54, 1.807) is 6.08 Å². The summed E-state index contributed by atoms with van der Waals surface area (Å²) in [5.74, 6) is -0.297. The zero-order valence-electron chi connectivity index (χ0n) is 12.2.